The van der Waals surface area contributed by atoms with Gasteiger partial charge in [-0.15, -0.1) is 0 Å². The molecule has 0 bridgehead atoms. The average Bonchev–Trinajstić information content (AvgIpc) is 2.73. The highest BCUT2D eigenvalue weighted by Gasteiger charge is 2.47. The van der Waals surface area contributed by atoms with Crippen LogP contribution in [0.4, 0.5) is 0 Å². The fraction of sp³-hybridized carbons (Fsp3) is 0.933. The summed E-state index contributed by atoms with van der Waals surface area (Å²) in [5.74, 6) is 0.289. The number of carbonyl (C=O) groups excluding carboxylic acids is 1. The molecule has 118 valence electrons. The lowest BCUT2D eigenvalue weighted by Gasteiger charge is -2.46. The molecule has 2 heterocycles. The van der Waals surface area contributed by atoms with Crippen LogP contribution in [0, 0.1) is 5.41 Å². The van der Waals surface area contributed by atoms with Crippen LogP contribution < -0.4 is 0 Å². The average molecular weight is 302 g/mol. The van der Waals surface area contributed by atoms with Crippen LogP contribution in [0.1, 0.15) is 40.5 Å². The van der Waals surface area contributed by atoms with E-state index in [1.807, 2.05) is 0 Å². The van der Waals surface area contributed by atoms with E-state index in [1.54, 1.807) is 0 Å². The first-order valence-electron chi connectivity index (χ1n) is 7.45. The van der Waals surface area contributed by atoms with Gasteiger partial charge >= 0.3 is 0 Å². The van der Waals surface area contributed by atoms with Crippen molar-refractivity contribution < 1.29 is 9.53 Å². The standard InChI is InChI=1S/C15H28N2O2.H2S/c1-14(2,3)15(4)6-5-7-17(15)13(18)12-16-8-10-19-11-9-16;/h5-12H2,1-4H3;1H2/t15-;/m0./s1. The summed E-state index contributed by atoms with van der Waals surface area (Å²) in [5.41, 5.74) is 0.126. The molecule has 5 heteroatoms. The summed E-state index contributed by atoms with van der Waals surface area (Å²) >= 11 is 0. The van der Waals surface area contributed by atoms with Crippen LogP contribution in [0.2, 0.25) is 0 Å². The lowest BCUT2D eigenvalue weighted by atomic mass is 9.73. The van der Waals surface area contributed by atoms with Gasteiger partial charge in [0.1, 0.15) is 0 Å². The van der Waals surface area contributed by atoms with Gasteiger partial charge in [0.25, 0.3) is 0 Å². The Morgan fingerprint density at radius 1 is 1.20 bits per heavy atom. The third-order valence-corrected chi connectivity index (χ3v) is 5.02. The van der Waals surface area contributed by atoms with Gasteiger partial charge in [-0.25, -0.2) is 0 Å². The molecule has 20 heavy (non-hydrogen) atoms. The first kappa shape index (κ1) is 17.8. The molecule has 1 amide bonds. The molecule has 0 N–H and O–H groups in total. The minimum atomic E-state index is -0.00360. The highest BCUT2D eigenvalue weighted by molar-refractivity contribution is 7.59. The predicted molar refractivity (Wildman–Crippen MR) is 86.4 cm³/mol. The first-order chi connectivity index (χ1) is 8.84. The second kappa shape index (κ2) is 6.67. The molecule has 4 nitrogen and oxygen atoms in total. The second-order valence-corrected chi connectivity index (χ2v) is 7.06. The zero-order valence-corrected chi connectivity index (χ0v) is 14.4. The van der Waals surface area contributed by atoms with Crippen LogP contribution in [-0.4, -0.2) is 60.6 Å². The first-order valence-corrected chi connectivity index (χ1v) is 7.45. The van der Waals surface area contributed by atoms with Crippen LogP contribution in [0.3, 0.4) is 0 Å². The number of rotatable bonds is 2. The number of likely N-dealkylation sites (tertiary alicyclic amines) is 1. The SMILES string of the molecule is CC(C)(C)[C@]1(C)CCCN1C(=O)CN1CCOCC1.S. The number of hydrogen-bond acceptors (Lipinski definition) is 3. The molecule has 0 saturated carbocycles. The Hall–Kier alpha value is -0.260. The third kappa shape index (κ3) is 3.49. The van der Waals surface area contributed by atoms with Crippen molar-refractivity contribution in [3.8, 4) is 0 Å². The zero-order valence-electron chi connectivity index (χ0n) is 13.4. The Morgan fingerprint density at radius 3 is 2.35 bits per heavy atom. The molecule has 0 aliphatic carbocycles. The molecule has 2 aliphatic heterocycles. The van der Waals surface area contributed by atoms with Gasteiger partial charge in [0.05, 0.1) is 19.8 Å². The van der Waals surface area contributed by atoms with Crippen molar-refractivity contribution in [2.75, 3.05) is 39.4 Å². The topological polar surface area (TPSA) is 32.8 Å². The van der Waals surface area contributed by atoms with Crippen molar-refractivity contribution in [1.29, 1.82) is 0 Å². The number of amides is 1. The van der Waals surface area contributed by atoms with E-state index in [0.29, 0.717) is 6.54 Å². The van der Waals surface area contributed by atoms with Gasteiger partial charge in [-0.3, -0.25) is 9.69 Å². The molecule has 0 aromatic heterocycles. The normalized spacial score (nSPS) is 28.3. The minimum Gasteiger partial charge on any atom is -0.379 e. The van der Waals surface area contributed by atoms with E-state index in [0.717, 1.165) is 45.7 Å². The zero-order chi connectivity index (χ0) is 14.1. The summed E-state index contributed by atoms with van der Waals surface area (Å²) in [6, 6.07) is 0. The van der Waals surface area contributed by atoms with E-state index in [1.165, 1.54) is 0 Å². The molecular weight excluding hydrogens is 272 g/mol. The van der Waals surface area contributed by atoms with E-state index < -0.39 is 0 Å². The largest absolute Gasteiger partial charge is 0.379 e. The smallest absolute Gasteiger partial charge is 0.237 e. The van der Waals surface area contributed by atoms with Gasteiger partial charge in [-0.05, 0) is 25.2 Å². The highest BCUT2D eigenvalue weighted by atomic mass is 32.1. The monoisotopic (exact) mass is 302 g/mol. The molecule has 0 spiro atoms. The van der Waals surface area contributed by atoms with Crippen LogP contribution in [-0.2, 0) is 9.53 Å². The van der Waals surface area contributed by atoms with Gasteiger partial charge < -0.3 is 9.64 Å². The predicted octanol–water partition coefficient (Wildman–Crippen LogP) is 1.86. The third-order valence-electron chi connectivity index (χ3n) is 5.02. The van der Waals surface area contributed by atoms with Crippen molar-refractivity contribution in [3.05, 3.63) is 0 Å². The van der Waals surface area contributed by atoms with Gasteiger partial charge in [0.15, 0.2) is 0 Å². The molecule has 1 atom stereocenters. The molecule has 2 aliphatic rings. The van der Waals surface area contributed by atoms with Gasteiger partial charge in [0, 0.05) is 25.2 Å². The molecule has 2 saturated heterocycles. The lowest BCUT2D eigenvalue weighted by Crippen LogP contribution is -2.56. The fourth-order valence-corrected chi connectivity index (χ4v) is 3.18. The van der Waals surface area contributed by atoms with Crippen LogP contribution >= 0.6 is 13.5 Å². The summed E-state index contributed by atoms with van der Waals surface area (Å²) in [4.78, 5) is 17.0. The van der Waals surface area contributed by atoms with Crippen LogP contribution in [0.15, 0.2) is 0 Å². The maximum absolute atomic E-state index is 12.6. The Kier molecular flexibility index (Phi) is 5.93. The molecule has 0 radical (unpaired) electrons. The molecular formula is C15H30N2O2S. The molecule has 0 unspecified atom stereocenters. The summed E-state index contributed by atoms with van der Waals surface area (Å²) in [7, 11) is 0. The summed E-state index contributed by atoms with van der Waals surface area (Å²) in [5, 5.41) is 0. The maximum atomic E-state index is 12.6. The van der Waals surface area contributed by atoms with Crippen LogP contribution in [0.5, 0.6) is 0 Å². The molecule has 0 aromatic carbocycles. The quantitative estimate of drug-likeness (QED) is 0.780. The van der Waals surface area contributed by atoms with E-state index in [4.69, 9.17) is 4.74 Å². The summed E-state index contributed by atoms with van der Waals surface area (Å²) in [6.45, 7) is 13.7. The van der Waals surface area contributed by atoms with Crippen molar-refractivity contribution in [1.82, 2.24) is 9.80 Å². The summed E-state index contributed by atoms with van der Waals surface area (Å²) in [6.07, 6.45) is 2.24. The molecule has 0 aromatic rings. The molecule has 2 rings (SSSR count). The Bertz CT molecular complexity index is 337. The van der Waals surface area contributed by atoms with Crippen molar-refractivity contribution >= 4 is 19.4 Å². The minimum absolute atomic E-state index is 0. The number of morpholine rings is 1. The van der Waals surface area contributed by atoms with E-state index in [-0.39, 0.29) is 30.4 Å². The van der Waals surface area contributed by atoms with Crippen molar-refractivity contribution in [2.45, 2.75) is 46.1 Å². The van der Waals surface area contributed by atoms with E-state index >= 15 is 0 Å². The summed E-state index contributed by atoms with van der Waals surface area (Å²) < 4.78 is 5.34. The van der Waals surface area contributed by atoms with Crippen molar-refractivity contribution in [3.63, 3.8) is 0 Å². The van der Waals surface area contributed by atoms with Gasteiger partial charge in [0.2, 0.25) is 5.91 Å². The number of carbonyl (C=O) groups is 1. The highest BCUT2D eigenvalue weighted by Crippen LogP contribution is 2.43. The Morgan fingerprint density at radius 2 is 1.80 bits per heavy atom. The van der Waals surface area contributed by atoms with E-state index in [9.17, 15) is 4.79 Å². The lowest BCUT2D eigenvalue weighted by molar-refractivity contribution is -0.140. The second-order valence-electron chi connectivity index (χ2n) is 7.06. The number of nitrogens with zero attached hydrogens (tertiary/aromatic N) is 2. The molecule has 2 fully saturated rings. The Labute approximate surface area is 130 Å². The maximum Gasteiger partial charge on any atom is 0.237 e. The van der Waals surface area contributed by atoms with Gasteiger partial charge in [-0.1, -0.05) is 20.8 Å². The van der Waals surface area contributed by atoms with E-state index in [2.05, 4.69) is 37.5 Å². The fourth-order valence-electron chi connectivity index (χ4n) is 3.18. The number of ether oxygens (including phenoxy) is 1. The van der Waals surface area contributed by atoms with Crippen LogP contribution in [0.25, 0.3) is 0 Å². The van der Waals surface area contributed by atoms with Crippen molar-refractivity contribution in [2.24, 2.45) is 5.41 Å². The van der Waals surface area contributed by atoms with Gasteiger partial charge in [-0.2, -0.15) is 13.5 Å². The Balaban J connectivity index is 0.00000200. The number of hydrogen-bond donors (Lipinski definition) is 0.